The van der Waals surface area contributed by atoms with Gasteiger partial charge in [0.15, 0.2) is 5.75 Å². The Kier molecular flexibility index (Phi) is 2.80. The summed E-state index contributed by atoms with van der Waals surface area (Å²) < 4.78 is 0. The minimum atomic E-state index is 0.567. The summed E-state index contributed by atoms with van der Waals surface area (Å²) in [6.45, 7) is 2.79. The van der Waals surface area contributed by atoms with Gasteiger partial charge in [-0.1, -0.05) is 23.2 Å². The van der Waals surface area contributed by atoms with Gasteiger partial charge < -0.3 is 4.89 Å². The van der Waals surface area contributed by atoms with Gasteiger partial charge in [-0.25, -0.2) is 0 Å². The highest BCUT2D eigenvalue weighted by molar-refractivity contribution is 6.13. The Morgan fingerprint density at radius 1 is 1.40 bits per heavy atom. The van der Waals surface area contributed by atoms with Crippen LogP contribution in [0, 0.1) is 0 Å². The van der Waals surface area contributed by atoms with Gasteiger partial charge >= 0.3 is 0 Å². The number of aliphatic imine (C=N–C) groups is 1. The minimum absolute atomic E-state index is 0.567. The second-order valence-electron chi connectivity index (χ2n) is 3.28. The summed E-state index contributed by atoms with van der Waals surface area (Å²) in [7, 11) is 0. The lowest BCUT2D eigenvalue weighted by atomic mass is 10.0. The summed E-state index contributed by atoms with van der Waals surface area (Å²) in [5.41, 5.74) is 3.19. The van der Waals surface area contributed by atoms with Crippen LogP contribution in [0.3, 0.4) is 0 Å². The second kappa shape index (κ2) is 4.25. The van der Waals surface area contributed by atoms with Crippen molar-refractivity contribution in [1.29, 1.82) is 0 Å². The predicted molar refractivity (Wildman–Crippen MR) is 57.5 cm³/mol. The third-order valence-corrected chi connectivity index (χ3v) is 2.27. The molecule has 0 aromatic heterocycles. The molecule has 0 saturated carbocycles. The zero-order valence-corrected chi connectivity index (χ0v) is 8.43. The molecule has 0 saturated heterocycles. The number of rotatable bonds is 3. The second-order valence-corrected chi connectivity index (χ2v) is 3.28. The number of nitrogens with two attached hydrogens (primary N) is 1. The van der Waals surface area contributed by atoms with E-state index in [0.717, 1.165) is 17.8 Å². The van der Waals surface area contributed by atoms with E-state index in [4.69, 9.17) is 10.8 Å². The van der Waals surface area contributed by atoms with E-state index in [1.807, 2.05) is 25.1 Å². The molecule has 0 atom stereocenters. The van der Waals surface area contributed by atoms with Crippen LogP contribution in [0.15, 0.2) is 40.9 Å². The van der Waals surface area contributed by atoms with Crippen molar-refractivity contribution in [1.82, 2.24) is 0 Å². The van der Waals surface area contributed by atoms with Crippen molar-refractivity contribution in [3.8, 4) is 5.75 Å². The van der Waals surface area contributed by atoms with E-state index in [-0.39, 0.29) is 0 Å². The SMILES string of the molecule is CC1=CCN=C1c1cccc(OON)c1. The predicted octanol–water partition coefficient (Wildman–Crippen LogP) is 1.62. The molecule has 2 rings (SSSR count). The van der Waals surface area contributed by atoms with Crippen molar-refractivity contribution in [2.75, 3.05) is 6.54 Å². The maximum atomic E-state index is 4.83. The number of allylic oxidation sites excluding steroid dienone is 1. The van der Waals surface area contributed by atoms with Gasteiger partial charge in [0.2, 0.25) is 0 Å². The largest absolute Gasteiger partial charge is 0.320 e. The number of hydrogen-bond acceptors (Lipinski definition) is 4. The van der Waals surface area contributed by atoms with Crippen molar-refractivity contribution < 1.29 is 9.88 Å². The molecule has 0 radical (unpaired) electrons. The maximum Gasteiger partial charge on any atom is 0.168 e. The summed E-state index contributed by atoms with van der Waals surface area (Å²) in [6.07, 6.45) is 2.09. The average molecular weight is 204 g/mol. The summed E-state index contributed by atoms with van der Waals surface area (Å²) in [5, 5.41) is 0. The Labute approximate surface area is 87.9 Å². The van der Waals surface area contributed by atoms with Crippen LogP contribution >= 0.6 is 0 Å². The van der Waals surface area contributed by atoms with Crippen molar-refractivity contribution in [2.45, 2.75) is 6.92 Å². The number of hydrogen-bond donors (Lipinski definition) is 1. The fourth-order valence-electron chi connectivity index (χ4n) is 1.56. The van der Waals surface area contributed by atoms with Gasteiger partial charge in [0, 0.05) is 5.56 Å². The molecule has 1 aromatic carbocycles. The fourth-order valence-corrected chi connectivity index (χ4v) is 1.56. The fraction of sp³-hybridized carbons (Fsp3) is 0.182. The molecular weight excluding hydrogens is 192 g/mol. The first-order valence-corrected chi connectivity index (χ1v) is 4.66. The molecule has 4 nitrogen and oxygen atoms in total. The third kappa shape index (κ3) is 2.06. The van der Waals surface area contributed by atoms with E-state index >= 15 is 0 Å². The molecule has 1 aliphatic heterocycles. The zero-order valence-electron chi connectivity index (χ0n) is 8.43. The molecule has 0 fully saturated rings. The molecule has 1 aliphatic rings. The van der Waals surface area contributed by atoms with Crippen LogP contribution in [0.2, 0.25) is 0 Å². The van der Waals surface area contributed by atoms with E-state index in [2.05, 4.69) is 16.1 Å². The first-order valence-electron chi connectivity index (χ1n) is 4.66. The normalized spacial score (nSPS) is 14.8. The van der Waals surface area contributed by atoms with Crippen LogP contribution in [0.4, 0.5) is 0 Å². The molecule has 0 spiro atoms. The lowest BCUT2D eigenvalue weighted by Gasteiger charge is -2.05. The maximum absolute atomic E-state index is 4.83. The minimum Gasteiger partial charge on any atom is -0.320 e. The van der Waals surface area contributed by atoms with Crippen LogP contribution in [-0.4, -0.2) is 12.3 Å². The monoisotopic (exact) mass is 204 g/mol. The zero-order chi connectivity index (χ0) is 10.7. The first-order chi connectivity index (χ1) is 7.31. The van der Waals surface area contributed by atoms with E-state index in [1.54, 1.807) is 6.07 Å². The molecule has 15 heavy (non-hydrogen) atoms. The van der Waals surface area contributed by atoms with Gasteiger partial charge in [0.05, 0.1) is 12.3 Å². The van der Waals surface area contributed by atoms with Gasteiger partial charge in [-0.2, -0.15) is 5.90 Å². The molecule has 0 amide bonds. The van der Waals surface area contributed by atoms with Crippen LogP contribution in [0.5, 0.6) is 5.75 Å². The summed E-state index contributed by atoms with van der Waals surface area (Å²) >= 11 is 0. The highest BCUT2D eigenvalue weighted by atomic mass is 17.3. The lowest BCUT2D eigenvalue weighted by Crippen LogP contribution is -2.05. The van der Waals surface area contributed by atoms with Gasteiger partial charge in [-0.3, -0.25) is 4.99 Å². The first kappa shape index (κ1) is 9.89. The standard InChI is InChI=1S/C11H12N2O2/c1-8-5-6-13-11(8)9-3-2-4-10(7-9)14-15-12/h2-5,7H,6,12H2,1H3. The molecule has 0 bridgehead atoms. The molecule has 0 aliphatic carbocycles. The van der Waals surface area contributed by atoms with Crippen LogP contribution in [0.1, 0.15) is 12.5 Å². The van der Waals surface area contributed by atoms with Crippen molar-refractivity contribution >= 4 is 5.71 Å². The lowest BCUT2D eigenvalue weighted by molar-refractivity contribution is -0.211. The van der Waals surface area contributed by atoms with Crippen molar-refractivity contribution in [2.24, 2.45) is 10.9 Å². The third-order valence-electron chi connectivity index (χ3n) is 2.27. The van der Waals surface area contributed by atoms with Crippen molar-refractivity contribution in [3.05, 3.63) is 41.5 Å². The van der Waals surface area contributed by atoms with E-state index in [0.29, 0.717) is 5.75 Å². The number of benzene rings is 1. The van der Waals surface area contributed by atoms with Crippen LogP contribution in [0.25, 0.3) is 0 Å². The molecule has 78 valence electrons. The highest BCUT2D eigenvalue weighted by Crippen LogP contribution is 2.19. The Morgan fingerprint density at radius 3 is 2.93 bits per heavy atom. The Morgan fingerprint density at radius 2 is 2.27 bits per heavy atom. The average Bonchev–Trinajstić information content (AvgIpc) is 2.65. The van der Waals surface area contributed by atoms with Crippen LogP contribution in [-0.2, 0) is 4.99 Å². The Balaban J connectivity index is 2.29. The topological polar surface area (TPSA) is 56.8 Å². The Bertz CT molecular complexity index is 424. The van der Waals surface area contributed by atoms with E-state index in [9.17, 15) is 0 Å². The van der Waals surface area contributed by atoms with Gasteiger partial charge in [0.25, 0.3) is 0 Å². The van der Waals surface area contributed by atoms with Crippen molar-refractivity contribution in [3.63, 3.8) is 0 Å². The van der Waals surface area contributed by atoms with E-state index in [1.165, 1.54) is 5.57 Å². The quantitative estimate of drug-likeness (QED) is 0.601. The Hall–Kier alpha value is -1.65. The van der Waals surface area contributed by atoms with Gasteiger partial charge in [-0.15, -0.1) is 0 Å². The molecule has 1 heterocycles. The van der Waals surface area contributed by atoms with Gasteiger partial charge in [0.1, 0.15) is 0 Å². The molecule has 4 heteroatoms. The highest BCUT2D eigenvalue weighted by Gasteiger charge is 2.10. The summed E-state index contributed by atoms with van der Waals surface area (Å²) in [4.78, 5) is 13.2. The van der Waals surface area contributed by atoms with Crippen LogP contribution < -0.4 is 10.8 Å². The molecule has 1 aromatic rings. The van der Waals surface area contributed by atoms with Gasteiger partial charge in [-0.05, 0) is 24.6 Å². The summed E-state index contributed by atoms with van der Waals surface area (Å²) in [6, 6.07) is 7.46. The smallest absolute Gasteiger partial charge is 0.168 e. The summed E-state index contributed by atoms with van der Waals surface area (Å²) in [5.74, 6) is 5.39. The molecule has 0 unspecified atom stereocenters. The van der Waals surface area contributed by atoms with E-state index < -0.39 is 0 Å². The number of nitrogens with zero attached hydrogens (tertiary/aromatic N) is 1. The molecule has 2 N–H and O–H groups in total. The molecular formula is C11H12N2O2.